The molecular weight excluding hydrogens is 212 g/mol. The predicted octanol–water partition coefficient (Wildman–Crippen LogP) is 2.26. The molecule has 80 valence electrons. The first-order chi connectivity index (χ1) is 7.25. The number of hydrogen-bond donors (Lipinski definition) is 1. The maximum atomic E-state index is 11.6. The highest BCUT2D eigenvalue weighted by atomic mass is 35.5. The van der Waals surface area contributed by atoms with Gasteiger partial charge in [0.15, 0.2) is 0 Å². The molecule has 3 nitrogen and oxygen atoms in total. The van der Waals surface area contributed by atoms with E-state index in [9.17, 15) is 4.79 Å². The number of pyridine rings is 1. The number of carbonyl (C=O) groups is 1. The monoisotopic (exact) mass is 224 g/mol. The summed E-state index contributed by atoms with van der Waals surface area (Å²) in [5, 5.41) is 3.31. The molecule has 1 heterocycles. The van der Waals surface area contributed by atoms with Crippen LogP contribution in [0.3, 0.4) is 0 Å². The second-order valence-electron chi connectivity index (χ2n) is 3.88. The van der Waals surface area contributed by atoms with Crippen molar-refractivity contribution in [2.24, 2.45) is 5.92 Å². The van der Waals surface area contributed by atoms with Crippen LogP contribution in [0.1, 0.15) is 29.6 Å². The minimum absolute atomic E-state index is 0.0638. The lowest BCUT2D eigenvalue weighted by atomic mass is 9.85. The zero-order chi connectivity index (χ0) is 10.7. The zero-order valence-electron chi connectivity index (χ0n) is 8.37. The minimum Gasteiger partial charge on any atom is -0.352 e. The normalized spacial score (nSPS) is 15.8. The molecule has 15 heavy (non-hydrogen) atoms. The van der Waals surface area contributed by atoms with Crippen molar-refractivity contribution < 1.29 is 4.79 Å². The topological polar surface area (TPSA) is 42.0 Å². The second kappa shape index (κ2) is 4.62. The summed E-state index contributed by atoms with van der Waals surface area (Å²) in [4.78, 5) is 15.5. The van der Waals surface area contributed by atoms with Gasteiger partial charge in [0.05, 0.1) is 5.56 Å². The molecule has 1 N–H and O–H groups in total. The number of aromatic nitrogens is 1. The first-order valence-electron chi connectivity index (χ1n) is 5.15. The lowest BCUT2D eigenvalue weighted by molar-refractivity contribution is 0.0938. The second-order valence-corrected chi connectivity index (χ2v) is 4.26. The number of carbonyl (C=O) groups excluding carboxylic acids is 1. The molecule has 1 aliphatic rings. The van der Waals surface area contributed by atoms with Gasteiger partial charge < -0.3 is 5.32 Å². The van der Waals surface area contributed by atoms with E-state index in [2.05, 4.69) is 10.3 Å². The Hall–Kier alpha value is -1.09. The molecule has 1 amide bonds. The van der Waals surface area contributed by atoms with Crippen molar-refractivity contribution in [2.75, 3.05) is 6.54 Å². The average molecular weight is 225 g/mol. The molecule has 0 radical (unpaired) electrons. The maximum absolute atomic E-state index is 11.6. The Labute approximate surface area is 93.8 Å². The van der Waals surface area contributed by atoms with Crippen LogP contribution in [0, 0.1) is 5.92 Å². The molecule has 0 unspecified atom stereocenters. The number of amides is 1. The zero-order valence-corrected chi connectivity index (χ0v) is 9.13. The standard InChI is InChI=1S/C11H13ClN2O/c12-10-5-4-9(7-13-10)11(15)14-6-8-2-1-3-8/h4-5,7-8H,1-3,6H2,(H,14,15). The summed E-state index contributed by atoms with van der Waals surface area (Å²) in [6.07, 6.45) is 5.26. The van der Waals surface area contributed by atoms with Gasteiger partial charge in [0.2, 0.25) is 0 Å². The van der Waals surface area contributed by atoms with Crippen LogP contribution in [0.5, 0.6) is 0 Å². The lowest BCUT2D eigenvalue weighted by Gasteiger charge is -2.25. The van der Waals surface area contributed by atoms with Gasteiger partial charge in [0, 0.05) is 12.7 Å². The van der Waals surface area contributed by atoms with Gasteiger partial charge in [0.25, 0.3) is 5.91 Å². The van der Waals surface area contributed by atoms with Crippen LogP contribution >= 0.6 is 11.6 Å². The molecule has 1 saturated carbocycles. The molecule has 1 fully saturated rings. The maximum Gasteiger partial charge on any atom is 0.252 e. The molecule has 0 spiro atoms. The van der Waals surface area contributed by atoms with Crippen LogP contribution in [0.4, 0.5) is 0 Å². The minimum atomic E-state index is -0.0638. The van der Waals surface area contributed by atoms with E-state index in [-0.39, 0.29) is 5.91 Å². The largest absolute Gasteiger partial charge is 0.352 e. The number of nitrogens with zero attached hydrogens (tertiary/aromatic N) is 1. The fourth-order valence-electron chi connectivity index (χ4n) is 1.55. The van der Waals surface area contributed by atoms with Crippen molar-refractivity contribution in [2.45, 2.75) is 19.3 Å². The van der Waals surface area contributed by atoms with Gasteiger partial charge in [-0.05, 0) is 30.9 Å². The highest BCUT2D eigenvalue weighted by Gasteiger charge is 2.18. The van der Waals surface area contributed by atoms with Gasteiger partial charge in [-0.15, -0.1) is 0 Å². The Morgan fingerprint density at radius 1 is 1.53 bits per heavy atom. The van der Waals surface area contributed by atoms with Gasteiger partial charge in [0.1, 0.15) is 5.15 Å². The van der Waals surface area contributed by atoms with E-state index in [1.54, 1.807) is 12.1 Å². The van der Waals surface area contributed by atoms with Crippen molar-refractivity contribution in [1.29, 1.82) is 0 Å². The number of rotatable bonds is 3. The van der Waals surface area contributed by atoms with Crippen LogP contribution in [0.25, 0.3) is 0 Å². The first kappa shape index (κ1) is 10.4. The molecular formula is C11H13ClN2O. The number of nitrogens with one attached hydrogen (secondary N) is 1. The van der Waals surface area contributed by atoms with Gasteiger partial charge in [-0.2, -0.15) is 0 Å². The Morgan fingerprint density at radius 2 is 2.33 bits per heavy atom. The summed E-state index contributed by atoms with van der Waals surface area (Å²) in [5.41, 5.74) is 0.568. The summed E-state index contributed by atoms with van der Waals surface area (Å²) in [5.74, 6) is 0.611. The quantitative estimate of drug-likeness (QED) is 0.801. The predicted molar refractivity (Wildman–Crippen MR) is 58.9 cm³/mol. The van der Waals surface area contributed by atoms with E-state index in [0.29, 0.717) is 16.6 Å². The summed E-state index contributed by atoms with van der Waals surface area (Å²) in [6, 6.07) is 3.31. The highest BCUT2D eigenvalue weighted by molar-refractivity contribution is 6.29. The van der Waals surface area contributed by atoms with Crippen molar-refractivity contribution in [3.63, 3.8) is 0 Å². The highest BCUT2D eigenvalue weighted by Crippen LogP contribution is 2.25. The summed E-state index contributed by atoms with van der Waals surface area (Å²) in [7, 11) is 0. The van der Waals surface area contributed by atoms with Gasteiger partial charge in [-0.25, -0.2) is 4.98 Å². The van der Waals surface area contributed by atoms with Crippen LogP contribution in [-0.2, 0) is 0 Å². The molecule has 0 aromatic carbocycles. The number of hydrogen-bond acceptors (Lipinski definition) is 2. The number of halogens is 1. The van der Waals surface area contributed by atoms with Gasteiger partial charge in [-0.1, -0.05) is 18.0 Å². The van der Waals surface area contributed by atoms with Crippen LogP contribution < -0.4 is 5.32 Å². The lowest BCUT2D eigenvalue weighted by Crippen LogP contribution is -2.32. The molecule has 0 bridgehead atoms. The van der Waals surface area contributed by atoms with Gasteiger partial charge >= 0.3 is 0 Å². The van der Waals surface area contributed by atoms with E-state index in [0.717, 1.165) is 6.54 Å². The van der Waals surface area contributed by atoms with Crippen molar-refractivity contribution in [3.8, 4) is 0 Å². The average Bonchev–Trinajstić information content (AvgIpc) is 2.16. The van der Waals surface area contributed by atoms with E-state index in [1.807, 2.05) is 0 Å². The Bertz CT molecular complexity index is 346. The molecule has 0 atom stereocenters. The van der Waals surface area contributed by atoms with E-state index in [4.69, 9.17) is 11.6 Å². The third-order valence-corrected chi connectivity index (χ3v) is 2.99. The Morgan fingerprint density at radius 3 is 2.87 bits per heavy atom. The Kier molecular flexibility index (Phi) is 3.21. The van der Waals surface area contributed by atoms with Crippen molar-refractivity contribution in [3.05, 3.63) is 29.0 Å². The van der Waals surface area contributed by atoms with E-state index < -0.39 is 0 Å². The van der Waals surface area contributed by atoms with Crippen LogP contribution in [0.2, 0.25) is 5.15 Å². The summed E-state index contributed by atoms with van der Waals surface area (Å²) >= 11 is 5.63. The SMILES string of the molecule is O=C(NCC1CCC1)c1ccc(Cl)nc1. The van der Waals surface area contributed by atoms with Gasteiger partial charge in [-0.3, -0.25) is 4.79 Å². The van der Waals surface area contributed by atoms with Crippen LogP contribution in [-0.4, -0.2) is 17.4 Å². The van der Waals surface area contributed by atoms with Crippen molar-refractivity contribution >= 4 is 17.5 Å². The van der Waals surface area contributed by atoms with Crippen LogP contribution in [0.15, 0.2) is 18.3 Å². The molecule has 0 saturated heterocycles. The smallest absolute Gasteiger partial charge is 0.252 e. The molecule has 4 heteroatoms. The molecule has 1 aromatic heterocycles. The molecule has 2 rings (SSSR count). The first-order valence-corrected chi connectivity index (χ1v) is 5.53. The summed E-state index contributed by atoms with van der Waals surface area (Å²) < 4.78 is 0. The molecule has 1 aromatic rings. The molecule has 0 aliphatic heterocycles. The van der Waals surface area contributed by atoms with E-state index >= 15 is 0 Å². The fourth-order valence-corrected chi connectivity index (χ4v) is 1.66. The fraction of sp³-hybridized carbons (Fsp3) is 0.455. The molecule has 1 aliphatic carbocycles. The van der Waals surface area contributed by atoms with E-state index in [1.165, 1.54) is 25.5 Å². The van der Waals surface area contributed by atoms with Crippen molar-refractivity contribution in [1.82, 2.24) is 10.3 Å². The third-order valence-electron chi connectivity index (χ3n) is 2.77. The Balaban J connectivity index is 1.86. The third kappa shape index (κ3) is 2.69. The summed E-state index contributed by atoms with van der Waals surface area (Å²) in [6.45, 7) is 0.779.